The number of hydrogen-bond donors (Lipinski definition) is 1. The number of imidazole rings is 1. The molecule has 0 saturated heterocycles. The van der Waals surface area contributed by atoms with Gasteiger partial charge in [0, 0.05) is 44.1 Å². The normalized spacial score (nSPS) is 10.5. The van der Waals surface area contributed by atoms with Crippen LogP contribution in [0.25, 0.3) is 0 Å². The van der Waals surface area contributed by atoms with Gasteiger partial charge in [0.05, 0.1) is 6.33 Å². The quantitative estimate of drug-likeness (QED) is 0.795. The van der Waals surface area contributed by atoms with E-state index >= 15 is 0 Å². The van der Waals surface area contributed by atoms with Crippen molar-refractivity contribution in [2.45, 2.75) is 26.4 Å². The molecule has 0 unspecified atom stereocenters. The van der Waals surface area contributed by atoms with Crippen molar-refractivity contribution in [3.63, 3.8) is 0 Å². The fourth-order valence-corrected chi connectivity index (χ4v) is 2.51. The number of halogens is 1. The number of hydrogen-bond acceptors (Lipinski definition) is 2. The zero-order valence-corrected chi connectivity index (χ0v) is 13.5. The molecule has 1 aromatic carbocycles. The topological polar surface area (TPSA) is 33.1 Å². The molecule has 0 aliphatic rings. The Morgan fingerprint density at radius 1 is 1.41 bits per heavy atom. The minimum absolute atomic E-state index is 0.193. The molecule has 0 amide bonds. The molecule has 1 aromatic heterocycles. The lowest BCUT2D eigenvalue weighted by atomic mass is 10.2. The van der Waals surface area contributed by atoms with Gasteiger partial charge in [0.1, 0.15) is 5.82 Å². The van der Waals surface area contributed by atoms with E-state index in [2.05, 4.69) is 10.3 Å². The molecule has 0 aliphatic heterocycles. The molecule has 1 heterocycles. The standard InChI is InChI=1S/C16H21FN4S/c1-2-19-16(22)21(10-5-9-20-11-8-18-13-20)12-14-6-3-4-7-15(14)17/h3-4,6-8,11,13H,2,5,9-10,12H2,1H3,(H,19,22). The number of thiocarbonyl (C=S) groups is 1. The lowest BCUT2D eigenvalue weighted by Crippen LogP contribution is -2.40. The van der Waals surface area contributed by atoms with Crippen LogP contribution in [0.3, 0.4) is 0 Å². The molecule has 2 rings (SSSR count). The molecule has 0 radical (unpaired) electrons. The largest absolute Gasteiger partial charge is 0.363 e. The maximum atomic E-state index is 13.8. The summed E-state index contributed by atoms with van der Waals surface area (Å²) in [5.74, 6) is -0.193. The Morgan fingerprint density at radius 3 is 2.91 bits per heavy atom. The van der Waals surface area contributed by atoms with Crippen LogP contribution in [0.2, 0.25) is 0 Å². The highest BCUT2D eigenvalue weighted by molar-refractivity contribution is 7.80. The number of nitrogens with one attached hydrogen (secondary N) is 1. The molecule has 0 bridgehead atoms. The molecule has 1 N–H and O–H groups in total. The van der Waals surface area contributed by atoms with Crippen LogP contribution in [0.5, 0.6) is 0 Å². The van der Waals surface area contributed by atoms with E-state index in [1.54, 1.807) is 24.7 Å². The van der Waals surface area contributed by atoms with Crippen molar-refractivity contribution >= 4 is 17.3 Å². The Balaban J connectivity index is 1.96. The van der Waals surface area contributed by atoms with E-state index in [-0.39, 0.29) is 5.82 Å². The number of rotatable bonds is 7. The maximum Gasteiger partial charge on any atom is 0.169 e. The van der Waals surface area contributed by atoms with Crippen LogP contribution >= 0.6 is 12.2 Å². The Hall–Kier alpha value is -1.95. The second-order valence-corrected chi connectivity index (χ2v) is 5.39. The smallest absolute Gasteiger partial charge is 0.169 e. The van der Waals surface area contributed by atoms with E-state index in [1.165, 1.54) is 6.07 Å². The average Bonchev–Trinajstić information content (AvgIpc) is 3.02. The minimum atomic E-state index is -0.193. The van der Waals surface area contributed by atoms with Crippen LogP contribution in [0, 0.1) is 5.82 Å². The second-order valence-electron chi connectivity index (χ2n) is 5.00. The third-order valence-corrected chi connectivity index (χ3v) is 3.74. The van der Waals surface area contributed by atoms with Gasteiger partial charge in [0.15, 0.2) is 5.11 Å². The predicted octanol–water partition coefficient (Wildman–Crippen LogP) is 2.81. The van der Waals surface area contributed by atoms with Gasteiger partial charge >= 0.3 is 0 Å². The van der Waals surface area contributed by atoms with Crippen molar-refractivity contribution in [2.24, 2.45) is 0 Å². The summed E-state index contributed by atoms with van der Waals surface area (Å²) in [6.07, 6.45) is 6.41. The van der Waals surface area contributed by atoms with Crippen LogP contribution in [0.1, 0.15) is 18.9 Å². The van der Waals surface area contributed by atoms with E-state index in [1.807, 2.05) is 28.7 Å². The molecule has 0 aliphatic carbocycles. The van der Waals surface area contributed by atoms with E-state index in [0.29, 0.717) is 17.2 Å². The van der Waals surface area contributed by atoms with Crippen LogP contribution in [0.15, 0.2) is 43.0 Å². The van der Waals surface area contributed by atoms with E-state index in [9.17, 15) is 4.39 Å². The monoisotopic (exact) mass is 320 g/mol. The van der Waals surface area contributed by atoms with E-state index in [4.69, 9.17) is 12.2 Å². The summed E-state index contributed by atoms with van der Waals surface area (Å²) < 4.78 is 15.9. The van der Waals surface area contributed by atoms with Crippen molar-refractivity contribution in [1.29, 1.82) is 0 Å². The summed E-state index contributed by atoms with van der Waals surface area (Å²) in [5, 5.41) is 3.81. The third-order valence-electron chi connectivity index (χ3n) is 3.34. The molecule has 0 atom stereocenters. The summed E-state index contributed by atoms with van der Waals surface area (Å²) in [7, 11) is 0. The second kappa shape index (κ2) is 8.48. The molecular weight excluding hydrogens is 299 g/mol. The van der Waals surface area contributed by atoms with Gasteiger partial charge in [0.2, 0.25) is 0 Å². The molecule has 0 spiro atoms. The zero-order valence-electron chi connectivity index (χ0n) is 12.7. The summed E-state index contributed by atoms with van der Waals surface area (Å²) in [6.45, 7) is 4.86. The van der Waals surface area contributed by atoms with Crippen LogP contribution in [-0.2, 0) is 13.1 Å². The first kappa shape index (κ1) is 16.4. The molecule has 2 aromatic rings. The highest BCUT2D eigenvalue weighted by Gasteiger charge is 2.12. The van der Waals surface area contributed by atoms with Gasteiger partial charge in [0.25, 0.3) is 0 Å². The summed E-state index contributed by atoms with van der Waals surface area (Å²) in [5.41, 5.74) is 0.658. The first-order valence-corrected chi connectivity index (χ1v) is 7.83. The first-order chi connectivity index (χ1) is 10.7. The molecular formula is C16H21FN4S. The summed E-state index contributed by atoms with van der Waals surface area (Å²) in [6, 6.07) is 6.82. The van der Waals surface area contributed by atoms with Gasteiger partial charge in [-0.15, -0.1) is 0 Å². The van der Waals surface area contributed by atoms with Crippen LogP contribution < -0.4 is 5.32 Å². The Bertz CT molecular complexity index is 586. The van der Waals surface area contributed by atoms with Crippen molar-refractivity contribution in [1.82, 2.24) is 19.8 Å². The maximum absolute atomic E-state index is 13.8. The van der Waals surface area contributed by atoms with Gasteiger partial charge in [-0.25, -0.2) is 9.37 Å². The summed E-state index contributed by atoms with van der Waals surface area (Å²) >= 11 is 5.40. The third kappa shape index (κ3) is 4.80. The van der Waals surface area contributed by atoms with E-state index in [0.717, 1.165) is 26.1 Å². The van der Waals surface area contributed by atoms with Gasteiger partial charge in [-0.05, 0) is 31.6 Å². The first-order valence-electron chi connectivity index (χ1n) is 7.42. The Morgan fingerprint density at radius 2 is 2.23 bits per heavy atom. The summed E-state index contributed by atoms with van der Waals surface area (Å²) in [4.78, 5) is 6.03. The fourth-order valence-electron chi connectivity index (χ4n) is 2.21. The van der Waals surface area contributed by atoms with Gasteiger partial charge < -0.3 is 14.8 Å². The lowest BCUT2D eigenvalue weighted by molar-refractivity contribution is 0.378. The minimum Gasteiger partial charge on any atom is -0.363 e. The van der Waals surface area contributed by atoms with Gasteiger partial charge in [-0.1, -0.05) is 18.2 Å². The fraction of sp³-hybridized carbons (Fsp3) is 0.375. The van der Waals surface area contributed by atoms with Gasteiger partial charge in [-0.2, -0.15) is 0 Å². The predicted molar refractivity (Wildman–Crippen MR) is 89.9 cm³/mol. The highest BCUT2D eigenvalue weighted by atomic mass is 32.1. The van der Waals surface area contributed by atoms with Crippen molar-refractivity contribution < 1.29 is 4.39 Å². The van der Waals surface area contributed by atoms with Crippen LogP contribution in [0.4, 0.5) is 4.39 Å². The lowest BCUT2D eigenvalue weighted by Gasteiger charge is -2.26. The number of aromatic nitrogens is 2. The van der Waals surface area contributed by atoms with Crippen molar-refractivity contribution in [2.75, 3.05) is 13.1 Å². The molecule has 0 saturated carbocycles. The SMILES string of the molecule is CCNC(=S)N(CCCn1ccnc1)Cc1ccccc1F. The molecule has 118 valence electrons. The van der Waals surface area contributed by atoms with E-state index < -0.39 is 0 Å². The Kier molecular flexibility index (Phi) is 6.33. The average molecular weight is 320 g/mol. The molecule has 6 heteroatoms. The van der Waals surface area contributed by atoms with Crippen LogP contribution in [-0.4, -0.2) is 32.7 Å². The number of benzene rings is 1. The highest BCUT2D eigenvalue weighted by Crippen LogP contribution is 2.11. The van der Waals surface area contributed by atoms with Crippen molar-refractivity contribution in [3.8, 4) is 0 Å². The number of nitrogens with zero attached hydrogens (tertiary/aromatic N) is 3. The Labute approximate surface area is 136 Å². The molecule has 4 nitrogen and oxygen atoms in total. The molecule has 0 fully saturated rings. The van der Waals surface area contributed by atoms with Crippen molar-refractivity contribution in [3.05, 3.63) is 54.4 Å². The zero-order chi connectivity index (χ0) is 15.8. The number of aryl methyl sites for hydroxylation is 1. The van der Waals surface area contributed by atoms with Gasteiger partial charge in [-0.3, -0.25) is 0 Å². The molecule has 22 heavy (non-hydrogen) atoms.